The summed E-state index contributed by atoms with van der Waals surface area (Å²) in [6, 6.07) is 16.5. The number of alkyl carbamates (subject to hydrolysis) is 1. The van der Waals surface area contributed by atoms with Crippen molar-refractivity contribution in [3.05, 3.63) is 59.7 Å². The molecule has 0 aliphatic heterocycles. The van der Waals surface area contributed by atoms with E-state index >= 15 is 0 Å². The number of ether oxygens (including phenoxy) is 1. The van der Waals surface area contributed by atoms with Gasteiger partial charge in [-0.05, 0) is 59.8 Å². The largest absolute Gasteiger partial charge is 0.481 e. The van der Waals surface area contributed by atoms with Crippen molar-refractivity contribution in [1.29, 1.82) is 0 Å². The minimum absolute atomic E-state index is 0.00766. The third kappa shape index (κ3) is 4.79. The number of carboxylic acids is 1. The van der Waals surface area contributed by atoms with Crippen molar-refractivity contribution >= 4 is 18.0 Å². The van der Waals surface area contributed by atoms with Crippen molar-refractivity contribution < 1.29 is 24.2 Å². The molecule has 2 fully saturated rings. The molecule has 7 nitrogen and oxygen atoms in total. The van der Waals surface area contributed by atoms with Crippen LogP contribution >= 0.6 is 0 Å². The summed E-state index contributed by atoms with van der Waals surface area (Å²) in [6.45, 7) is 0.723. The van der Waals surface area contributed by atoms with E-state index in [1.807, 2.05) is 24.3 Å². The van der Waals surface area contributed by atoms with Gasteiger partial charge in [0.1, 0.15) is 6.61 Å². The van der Waals surface area contributed by atoms with Crippen LogP contribution in [-0.2, 0) is 14.3 Å². The molecule has 3 N–H and O–H groups in total. The van der Waals surface area contributed by atoms with Gasteiger partial charge in [-0.15, -0.1) is 0 Å². The summed E-state index contributed by atoms with van der Waals surface area (Å²) in [5, 5.41) is 14.8. The number of rotatable bonds is 8. The van der Waals surface area contributed by atoms with Crippen LogP contribution in [0.15, 0.2) is 48.5 Å². The number of aliphatic carboxylic acids is 1. The van der Waals surface area contributed by atoms with Crippen LogP contribution in [0.3, 0.4) is 0 Å². The van der Waals surface area contributed by atoms with E-state index in [9.17, 15) is 14.4 Å². The molecule has 2 saturated carbocycles. The first-order valence-corrected chi connectivity index (χ1v) is 12.1. The number of hydrogen-bond acceptors (Lipinski definition) is 4. The van der Waals surface area contributed by atoms with Crippen LogP contribution in [0, 0.1) is 17.8 Å². The van der Waals surface area contributed by atoms with Crippen LogP contribution in [0.25, 0.3) is 11.1 Å². The van der Waals surface area contributed by atoms with Gasteiger partial charge in [0, 0.05) is 24.9 Å². The van der Waals surface area contributed by atoms with Crippen LogP contribution in [0.2, 0.25) is 0 Å². The summed E-state index contributed by atoms with van der Waals surface area (Å²) in [4.78, 5) is 35.6. The van der Waals surface area contributed by atoms with Gasteiger partial charge in [0.05, 0.1) is 5.92 Å². The molecule has 2 aromatic carbocycles. The quantitative estimate of drug-likeness (QED) is 0.552. The molecule has 0 radical (unpaired) electrons. The fourth-order valence-corrected chi connectivity index (χ4v) is 5.55. The molecule has 0 aromatic heterocycles. The molecule has 2 aromatic rings. The van der Waals surface area contributed by atoms with E-state index < -0.39 is 12.1 Å². The Morgan fingerprint density at radius 2 is 1.62 bits per heavy atom. The average molecular weight is 463 g/mol. The number of carbonyl (C=O) groups is 3. The molecule has 3 aliphatic rings. The second-order valence-electron chi connectivity index (χ2n) is 9.79. The molecule has 178 valence electrons. The number of carbonyl (C=O) groups excluding carboxylic acids is 2. The van der Waals surface area contributed by atoms with E-state index in [2.05, 4.69) is 34.9 Å². The first kappa shape index (κ1) is 22.4. The summed E-state index contributed by atoms with van der Waals surface area (Å²) < 4.78 is 5.64. The van der Waals surface area contributed by atoms with Gasteiger partial charge in [-0.1, -0.05) is 48.5 Å². The highest BCUT2D eigenvalue weighted by molar-refractivity contribution is 5.79. The predicted molar refractivity (Wildman–Crippen MR) is 126 cm³/mol. The van der Waals surface area contributed by atoms with Crippen LogP contribution in [0.4, 0.5) is 4.79 Å². The van der Waals surface area contributed by atoms with Crippen molar-refractivity contribution in [1.82, 2.24) is 10.6 Å². The zero-order valence-electron chi connectivity index (χ0n) is 19.0. The van der Waals surface area contributed by atoms with Crippen LogP contribution < -0.4 is 10.6 Å². The standard InChI is InChI=1S/C27H30N2O5/c30-25(28-14-17-13-23(17)26(31)32)12-16-9-10-18(11-16)29-27(33)34-15-24-21-7-3-1-5-19(21)20-6-2-4-8-22(20)24/h1-8,16-18,23-24H,9-15H2,(H,28,30)(H,29,33)(H,31,32)/t16?,17-,18?,23-/m1/s1. The van der Waals surface area contributed by atoms with Gasteiger partial charge in [0.25, 0.3) is 0 Å². The molecule has 0 spiro atoms. The highest BCUT2D eigenvalue weighted by Gasteiger charge is 2.43. The van der Waals surface area contributed by atoms with Gasteiger partial charge in [-0.2, -0.15) is 0 Å². The minimum Gasteiger partial charge on any atom is -0.481 e. The van der Waals surface area contributed by atoms with E-state index in [-0.39, 0.29) is 42.2 Å². The van der Waals surface area contributed by atoms with Gasteiger partial charge >= 0.3 is 12.1 Å². The third-order valence-corrected chi connectivity index (χ3v) is 7.48. The van der Waals surface area contributed by atoms with Gasteiger partial charge in [-0.3, -0.25) is 9.59 Å². The molecule has 0 saturated heterocycles. The molecule has 2 amide bonds. The fraction of sp³-hybridized carbons (Fsp3) is 0.444. The molecular formula is C27H30N2O5. The Morgan fingerprint density at radius 1 is 0.941 bits per heavy atom. The van der Waals surface area contributed by atoms with E-state index in [0.717, 1.165) is 19.3 Å². The van der Waals surface area contributed by atoms with E-state index in [0.29, 0.717) is 19.4 Å². The van der Waals surface area contributed by atoms with Gasteiger partial charge in [-0.25, -0.2) is 4.79 Å². The van der Waals surface area contributed by atoms with Crippen molar-refractivity contribution in [3.8, 4) is 11.1 Å². The highest BCUT2D eigenvalue weighted by Crippen LogP contribution is 2.44. The number of benzene rings is 2. The number of fused-ring (bicyclic) bond motifs is 3. The number of nitrogens with one attached hydrogen (secondary N) is 2. The lowest BCUT2D eigenvalue weighted by atomic mass is 9.98. The maximum absolute atomic E-state index is 12.5. The lowest BCUT2D eigenvalue weighted by Crippen LogP contribution is -2.34. The number of hydrogen-bond donors (Lipinski definition) is 3. The number of amides is 2. The molecule has 4 atom stereocenters. The molecule has 0 bridgehead atoms. The maximum atomic E-state index is 12.5. The second kappa shape index (κ2) is 9.49. The summed E-state index contributed by atoms with van der Waals surface area (Å²) in [5.41, 5.74) is 4.77. The molecular weight excluding hydrogens is 432 g/mol. The monoisotopic (exact) mass is 462 g/mol. The maximum Gasteiger partial charge on any atom is 0.407 e. The molecule has 5 rings (SSSR count). The first-order valence-electron chi connectivity index (χ1n) is 12.1. The first-order chi connectivity index (χ1) is 16.5. The molecule has 3 aliphatic carbocycles. The van der Waals surface area contributed by atoms with E-state index in [1.54, 1.807) is 0 Å². The second-order valence-corrected chi connectivity index (χ2v) is 9.79. The molecule has 34 heavy (non-hydrogen) atoms. The Labute approximate surface area is 198 Å². The van der Waals surface area contributed by atoms with Gasteiger partial charge in [0.2, 0.25) is 5.91 Å². The molecule has 7 heteroatoms. The van der Waals surface area contributed by atoms with Crippen LogP contribution in [0.1, 0.15) is 49.1 Å². The minimum atomic E-state index is -0.780. The van der Waals surface area contributed by atoms with Gasteiger partial charge < -0.3 is 20.5 Å². The number of carboxylic acid groups (broad SMARTS) is 1. The predicted octanol–water partition coefficient (Wildman–Crippen LogP) is 3.92. The Balaban J connectivity index is 1.06. The zero-order valence-corrected chi connectivity index (χ0v) is 19.0. The Kier molecular flexibility index (Phi) is 6.26. The smallest absolute Gasteiger partial charge is 0.407 e. The Bertz CT molecular complexity index is 1050. The lowest BCUT2D eigenvalue weighted by molar-refractivity contribution is -0.139. The fourth-order valence-electron chi connectivity index (χ4n) is 5.55. The molecule has 2 unspecified atom stereocenters. The topological polar surface area (TPSA) is 105 Å². The normalized spacial score (nSPS) is 24.7. The van der Waals surface area contributed by atoms with Gasteiger partial charge in [0.15, 0.2) is 0 Å². The van der Waals surface area contributed by atoms with Crippen molar-refractivity contribution in [3.63, 3.8) is 0 Å². The van der Waals surface area contributed by atoms with Crippen LogP contribution in [0.5, 0.6) is 0 Å². The SMILES string of the molecule is O=C(CC1CCC(NC(=O)OCC2c3ccccc3-c3ccccc32)C1)NC[C@H]1C[C@H]1C(=O)O. The Hall–Kier alpha value is -3.35. The summed E-state index contributed by atoms with van der Waals surface area (Å²) in [7, 11) is 0. The Morgan fingerprint density at radius 3 is 2.26 bits per heavy atom. The summed E-state index contributed by atoms with van der Waals surface area (Å²) >= 11 is 0. The summed E-state index contributed by atoms with van der Waals surface area (Å²) in [6.07, 6.45) is 3.09. The zero-order chi connectivity index (χ0) is 23.7. The van der Waals surface area contributed by atoms with E-state index in [4.69, 9.17) is 9.84 Å². The van der Waals surface area contributed by atoms with Crippen molar-refractivity contribution in [2.24, 2.45) is 17.8 Å². The van der Waals surface area contributed by atoms with Crippen LogP contribution in [-0.4, -0.2) is 42.3 Å². The lowest BCUT2D eigenvalue weighted by Gasteiger charge is -2.17. The summed E-state index contributed by atoms with van der Waals surface area (Å²) in [5.74, 6) is -0.815. The molecule has 0 heterocycles. The third-order valence-electron chi connectivity index (χ3n) is 7.48. The van der Waals surface area contributed by atoms with Crippen molar-refractivity contribution in [2.75, 3.05) is 13.2 Å². The van der Waals surface area contributed by atoms with Crippen molar-refractivity contribution in [2.45, 2.75) is 44.1 Å². The average Bonchev–Trinajstić information content (AvgIpc) is 3.39. The highest BCUT2D eigenvalue weighted by atomic mass is 16.5. The van der Waals surface area contributed by atoms with E-state index in [1.165, 1.54) is 22.3 Å².